The minimum absolute atomic E-state index is 0.0251. The first-order valence-corrected chi connectivity index (χ1v) is 9.00. The Morgan fingerprint density at radius 2 is 2.42 bits per heavy atom. The monoisotopic (exact) mass is 345 g/mol. The molecule has 0 aromatic carbocycles. The van der Waals surface area contributed by atoms with E-state index in [1.165, 1.54) is 11.5 Å². The summed E-state index contributed by atoms with van der Waals surface area (Å²) in [4.78, 5) is 18.7. The predicted molar refractivity (Wildman–Crippen MR) is 89.9 cm³/mol. The Hall–Kier alpha value is -2.06. The Labute approximate surface area is 144 Å². The van der Waals surface area contributed by atoms with E-state index in [1.54, 1.807) is 11.6 Å². The SMILES string of the molecule is O=C(c1csnn1)N1CCOC2C(CNc3cccnc3)CCC21. The van der Waals surface area contributed by atoms with E-state index in [2.05, 4.69) is 19.9 Å². The Morgan fingerprint density at radius 3 is 3.21 bits per heavy atom. The fourth-order valence-electron chi connectivity index (χ4n) is 3.65. The predicted octanol–water partition coefficient (Wildman–Crippen LogP) is 1.66. The topological polar surface area (TPSA) is 80.2 Å². The molecule has 2 aliphatic rings. The van der Waals surface area contributed by atoms with Gasteiger partial charge in [-0.2, -0.15) is 0 Å². The molecule has 1 N–H and O–H groups in total. The first-order valence-electron chi connectivity index (χ1n) is 8.16. The van der Waals surface area contributed by atoms with Crippen molar-refractivity contribution in [1.82, 2.24) is 19.5 Å². The number of morpholine rings is 1. The lowest BCUT2D eigenvalue weighted by Gasteiger charge is -2.39. The highest BCUT2D eigenvalue weighted by atomic mass is 32.1. The summed E-state index contributed by atoms with van der Waals surface area (Å²) >= 11 is 1.21. The molecule has 8 heteroatoms. The normalized spacial score (nSPS) is 26.2. The van der Waals surface area contributed by atoms with Crippen molar-refractivity contribution in [2.24, 2.45) is 5.92 Å². The highest BCUT2D eigenvalue weighted by Gasteiger charge is 2.44. The van der Waals surface area contributed by atoms with Crippen LogP contribution in [0.15, 0.2) is 29.9 Å². The summed E-state index contributed by atoms with van der Waals surface area (Å²) in [6.07, 6.45) is 5.67. The molecule has 1 saturated heterocycles. The van der Waals surface area contributed by atoms with Crippen LogP contribution in [0.1, 0.15) is 23.3 Å². The van der Waals surface area contributed by atoms with Crippen LogP contribution < -0.4 is 5.32 Å². The number of amides is 1. The number of nitrogens with one attached hydrogen (secondary N) is 1. The summed E-state index contributed by atoms with van der Waals surface area (Å²) in [5.74, 6) is 0.363. The molecule has 0 bridgehead atoms. The highest BCUT2D eigenvalue weighted by Crippen LogP contribution is 2.35. The highest BCUT2D eigenvalue weighted by molar-refractivity contribution is 7.03. The summed E-state index contributed by atoms with van der Waals surface area (Å²) in [7, 11) is 0. The second-order valence-corrected chi connectivity index (χ2v) is 6.76. The van der Waals surface area contributed by atoms with Crippen LogP contribution in [0.25, 0.3) is 0 Å². The van der Waals surface area contributed by atoms with Gasteiger partial charge in [0.2, 0.25) is 0 Å². The molecule has 1 aliphatic carbocycles. The minimum Gasteiger partial charge on any atom is -0.383 e. The maximum Gasteiger partial charge on any atom is 0.275 e. The van der Waals surface area contributed by atoms with Crippen molar-refractivity contribution in [3.05, 3.63) is 35.6 Å². The van der Waals surface area contributed by atoms with Crippen LogP contribution in [-0.2, 0) is 4.74 Å². The Balaban J connectivity index is 1.42. The quantitative estimate of drug-likeness (QED) is 0.908. The third-order valence-corrected chi connectivity index (χ3v) is 5.29. The molecule has 2 aromatic heterocycles. The first kappa shape index (κ1) is 15.5. The average Bonchev–Trinajstić information content (AvgIpc) is 3.30. The fourth-order valence-corrected chi connectivity index (χ4v) is 4.08. The van der Waals surface area contributed by atoms with Gasteiger partial charge in [-0.25, -0.2) is 0 Å². The van der Waals surface area contributed by atoms with Crippen molar-refractivity contribution in [2.75, 3.05) is 25.0 Å². The lowest BCUT2D eigenvalue weighted by atomic mass is 10.0. The number of nitrogens with zero attached hydrogens (tertiary/aromatic N) is 4. The number of anilines is 1. The maximum atomic E-state index is 12.6. The van der Waals surface area contributed by atoms with E-state index in [9.17, 15) is 4.79 Å². The second kappa shape index (κ2) is 6.82. The molecule has 1 aliphatic heterocycles. The van der Waals surface area contributed by atoms with Gasteiger partial charge < -0.3 is 15.0 Å². The number of pyridine rings is 1. The van der Waals surface area contributed by atoms with Crippen molar-refractivity contribution in [3.63, 3.8) is 0 Å². The average molecular weight is 345 g/mol. The van der Waals surface area contributed by atoms with E-state index in [0.29, 0.717) is 24.8 Å². The van der Waals surface area contributed by atoms with Crippen LogP contribution in [0, 0.1) is 5.92 Å². The van der Waals surface area contributed by atoms with Crippen molar-refractivity contribution < 1.29 is 9.53 Å². The minimum atomic E-state index is -0.0251. The van der Waals surface area contributed by atoms with Crippen LogP contribution in [0.4, 0.5) is 5.69 Å². The molecular formula is C16H19N5O2S. The van der Waals surface area contributed by atoms with Gasteiger partial charge in [-0.15, -0.1) is 5.10 Å². The summed E-state index contributed by atoms with van der Waals surface area (Å²) in [5, 5.41) is 9.05. The van der Waals surface area contributed by atoms with Gasteiger partial charge in [0, 0.05) is 36.8 Å². The fraction of sp³-hybridized carbons (Fsp3) is 0.500. The van der Waals surface area contributed by atoms with E-state index in [-0.39, 0.29) is 18.1 Å². The number of hydrogen-bond acceptors (Lipinski definition) is 7. The summed E-state index contributed by atoms with van der Waals surface area (Å²) in [5.41, 5.74) is 1.45. The smallest absolute Gasteiger partial charge is 0.275 e. The van der Waals surface area contributed by atoms with E-state index in [0.717, 1.165) is 25.1 Å². The maximum absolute atomic E-state index is 12.6. The molecule has 3 unspecified atom stereocenters. The summed E-state index contributed by atoms with van der Waals surface area (Å²) < 4.78 is 9.82. The van der Waals surface area contributed by atoms with Crippen molar-refractivity contribution >= 4 is 23.1 Å². The van der Waals surface area contributed by atoms with Crippen LogP contribution in [0.5, 0.6) is 0 Å². The van der Waals surface area contributed by atoms with E-state index in [1.807, 2.05) is 23.2 Å². The van der Waals surface area contributed by atoms with Crippen LogP contribution in [0.3, 0.4) is 0 Å². The van der Waals surface area contributed by atoms with Gasteiger partial charge in [0.25, 0.3) is 5.91 Å². The number of aromatic nitrogens is 3. The van der Waals surface area contributed by atoms with Crippen LogP contribution >= 0.6 is 11.5 Å². The Kier molecular flexibility index (Phi) is 4.40. The number of carbonyl (C=O) groups is 1. The molecule has 0 radical (unpaired) electrons. The van der Waals surface area contributed by atoms with Gasteiger partial charge in [-0.1, -0.05) is 4.49 Å². The molecule has 4 rings (SSSR count). The molecule has 3 heterocycles. The molecule has 7 nitrogen and oxygen atoms in total. The Bertz CT molecular complexity index is 681. The molecular weight excluding hydrogens is 326 g/mol. The summed E-state index contributed by atoms with van der Waals surface area (Å²) in [6.45, 7) is 2.03. The van der Waals surface area contributed by atoms with Gasteiger partial charge in [0.15, 0.2) is 5.69 Å². The van der Waals surface area contributed by atoms with E-state index in [4.69, 9.17) is 4.74 Å². The second-order valence-electron chi connectivity index (χ2n) is 6.15. The zero-order valence-electron chi connectivity index (χ0n) is 13.2. The number of fused-ring (bicyclic) bond motifs is 1. The zero-order valence-corrected chi connectivity index (χ0v) is 14.0. The van der Waals surface area contributed by atoms with E-state index >= 15 is 0 Å². The van der Waals surface area contributed by atoms with Gasteiger partial charge in [0.1, 0.15) is 0 Å². The standard InChI is InChI=1S/C16H19N5O2S/c22-16(13-10-24-20-19-13)21-6-7-23-15-11(3-4-14(15)21)8-18-12-2-1-5-17-9-12/h1-2,5,9-11,14-15,18H,3-4,6-8H2. The third-order valence-electron chi connectivity index (χ3n) is 4.79. The Morgan fingerprint density at radius 1 is 1.46 bits per heavy atom. The molecule has 24 heavy (non-hydrogen) atoms. The zero-order chi connectivity index (χ0) is 16.4. The first-order chi connectivity index (χ1) is 11.8. The number of carbonyl (C=O) groups excluding carboxylic acids is 1. The number of rotatable bonds is 4. The molecule has 2 aromatic rings. The lowest BCUT2D eigenvalue weighted by molar-refractivity contribution is -0.0603. The van der Waals surface area contributed by atoms with Crippen LogP contribution in [-0.4, -0.2) is 57.2 Å². The number of ether oxygens (including phenoxy) is 1. The lowest BCUT2D eigenvalue weighted by Crippen LogP contribution is -2.53. The molecule has 0 spiro atoms. The molecule has 3 atom stereocenters. The molecule has 126 valence electrons. The van der Waals surface area contributed by atoms with Crippen molar-refractivity contribution in [1.29, 1.82) is 0 Å². The molecule has 1 saturated carbocycles. The largest absolute Gasteiger partial charge is 0.383 e. The van der Waals surface area contributed by atoms with Crippen molar-refractivity contribution in [2.45, 2.75) is 25.0 Å². The summed E-state index contributed by atoms with van der Waals surface area (Å²) in [6, 6.07) is 4.06. The third kappa shape index (κ3) is 2.99. The molecule has 2 fully saturated rings. The van der Waals surface area contributed by atoms with E-state index < -0.39 is 0 Å². The molecule has 1 amide bonds. The number of hydrogen-bond donors (Lipinski definition) is 1. The van der Waals surface area contributed by atoms with Gasteiger partial charge in [0.05, 0.1) is 24.4 Å². The van der Waals surface area contributed by atoms with Gasteiger partial charge >= 0.3 is 0 Å². The van der Waals surface area contributed by atoms with Crippen LogP contribution in [0.2, 0.25) is 0 Å². The van der Waals surface area contributed by atoms with Gasteiger partial charge in [-0.3, -0.25) is 9.78 Å². The van der Waals surface area contributed by atoms with Gasteiger partial charge in [-0.05, 0) is 36.5 Å². The van der Waals surface area contributed by atoms with Crippen molar-refractivity contribution in [3.8, 4) is 0 Å².